The molecule has 10 heteroatoms. The second-order valence-corrected chi connectivity index (χ2v) is 12.2. The molecule has 0 unspecified atom stereocenters. The van der Waals surface area contributed by atoms with E-state index in [0.29, 0.717) is 34.1 Å². The van der Waals surface area contributed by atoms with E-state index < -0.39 is 16.8 Å². The molecular formula is C33H27N3O5S2. The van der Waals surface area contributed by atoms with Crippen LogP contribution >= 0.6 is 23.5 Å². The number of nitrogens with one attached hydrogen (secondary N) is 1. The van der Waals surface area contributed by atoms with Crippen LogP contribution in [0.15, 0.2) is 113 Å². The number of thioether (sulfide) groups is 1. The van der Waals surface area contributed by atoms with Crippen molar-refractivity contribution in [2.24, 2.45) is 5.10 Å². The Morgan fingerprint density at radius 1 is 0.837 bits per heavy atom. The van der Waals surface area contributed by atoms with Gasteiger partial charge in [-0.2, -0.15) is 5.10 Å². The highest BCUT2D eigenvalue weighted by Gasteiger charge is 2.42. The van der Waals surface area contributed by atoms with Gasteiger partial charge in [0, 0.05) is 32.4 Å². The Labute approximate surface area is 255 Å². The molecular weight excluding hydrogens is 583 g/mol. The first-order chi connectivity index (χ1) is 20.9. The van der Waals surface area contributed by atoms with Gasteiger partial charge >= 0.3 is 0 Å². The van der Waals surface area contributed by atoms with Crippen molar-refractivity contribution in [3.05, 3.63) is 122 Å². The number of hydrogen-bond acceptors (Lipinski definition) is 9. The fraction of sp³-hybridized carbons (Fsp3) is 0.182. The number of furan rings is 1. The molecule has 6 rings (SSSR count). The monoisotopic (exact) mass is 609 g/mol. The van der Waals surface area contributed by atoms with Crippen molar-refractivity contribution < 1.29 is 14.0 Å². The van der Waals surface area contributed by atoms with Gasteiger partial charge in [0.1, 0.15) is 0 Å². The third kappa shape index (κ3) is 5.32. The molecule has 4 aromatic carbocycles. The van der Waals surface area contributed by atoms with Gasteiger partial charge in [-0.1, -0.05) is 55.9 Å². The predicted molar refractivity (Wildman–Crippen MR) is 168 cm³/mol. The van der Waals surface area contributed by atoms with Crippen molar-refractivity contribution in [3.63, 3.8) is 0 Å². The second-order valence-electron chi connectivity index (χ2n) is 10.1. The fourth-order valence-corrected chi connectivity index (χ4v) is 7.08. The summed E-state index contributed by atoms with van der Waals surface area (Å²) in [6.07, 6.45) is 2.82. The number of carbonyl (C=O) groups excluding carboxylic acids is 2. The van der Waals surface area contributed by atoms with Crippen molar-refractivity contribution in [1.29, 1.82) is 0 Å². The normalized spacial score (nSPS) is 13.5. The summed E-state index contributed by atoms with van der Waals surface area (Å²) >= 11 is 2.82. The van der Waals surface area contributed by atoms with Crippen LogP contribution in [0.2, 0.25) is 0 Å². The number of rotatable bonds is 10. The minimum Gasteiger partial charge on any atom is -0.458 e. The molecule has 0 saturated carbocycles. The SMILES string of the molecule is CCC(CC)N1C(=O)c2c(NN=c3c(=O)c4ccc(Sc5ccco5)cc4c3=O)ccc(SCc3ccccc3)c2C1=O. The number of nitrogens with zero attached hydrogens (tertiary/aromatic N) is 2. The summed E-state index contributed by atoms with van der Waals surface area (Å²) in [7, 11) is 0. The molecule has 5 aromatic rings. The van der Waals surface area contributed by atoms with Gasteiger partial charge < -0.3 is 4.42 Å². The third-order valence-corrected chi connectivity index (χ3v) is 9.54. The molecule has 0 saturated heterocycles. The molecule has 1 aliphatic heterocycles. The first kappa shape index (κ1) is 28.7. The van der Waals surface area contributed by atoms with Gasteiger partial charge in [0.25, 0.3) is 11.8 Å². The highest BCUT2D eigenvalue weighted by Crippen LogP contribution is 2.39. The summed E-state index contributed by atoms with van der Waals surface area (Å²) in [6, 6.07) is 21.7. The zero-order chi connectivity index (χ0) is 30.1. The lowest BCUT2D eigenvalue weighted by Gasteiger charge is -2.23. The van der Waals surface area contributed by atoms with E-state index >= 15 is 0 Å². The topological polar surface area (TPSA) is 109 Å². The number of imide groups is 1. The minimum absolute atomic E-state index is 0.201. The average Bonchev–Trinajstić information content (AvgIpc) is 3.70. The minimum atomic E-state index is -0.512. The Morgan fingerprint density at radius 2 is 1.58 bits per heavy atom. The van der Waals surface area contributed by atoms with Crippen LogP contribution < -0.4 is 21.6 Å². The van der Waals surface area contributed by atoms with Crippen molar-refractivity contribution >= 4 is 51.8 Å². The maximum atomic E-state index is 13.7. The summed E-state index contributed by atoms with van der Waals surface area (Å²) in [6.45, 7) is 3.89. The lowest BCUT2D eigenvalue weighted by atomic mass is 10.1. The van der Waals surface area contributed by atoms with Crippen molar-refractivity contribution in [1.82, 2.24) is 4.90 Å². The van der Waals surface area contributed by atoms with Gasteiger partial charge in [0.2, 0.25) is 10.9 Å². The molecule has 0 atom stereocenters. The number of hydrogen-bond donors (Lipinski definition) is 1. The number of fused-ring (bicyclic) bond motifs is 2. The highest BCUT2D eigenvalue weighted by molar-refractivity contribution is 7.99. The van der Waals surface area contributed by atoms with Gasteiger partial charge in [-0.25, -0.2) is 0 Å². The Bertz CT molecular complexity index is 1990. The number of carbonyl (C=O) groups is 2. The molecule has 1 aromatic heterocycles. The van der Waals surface area contributed by atoms with E-state index in [1.807, 2.05) is 50.2 Å². The predicted octanol–water partition coefficient (Wildman–Crippen LogP) is 6.18. The van der Waals surface area contributed by atoms with E-state index in [4.69, 9.17) is 4.42 Å². The zero-order valence-corrected chi connectivity index (χ0v) is 25.1. The summed E-state index contributed by atoms with van der Waals surface area (Å²) in [5.74, 6) is -0.135. The molecule has 216 valence electrons. The fourth-order valence-electron chi connectivity index (χ4n) is 5.27. The second kappa shape index (κ2) is 12.1. The van der Waals surface area contributed by atoms with Gasteiger partial charge in [0.15, 0.2) is 10.4 Å². The van der Waals surface area contributed by atoms with Gasteiger partial charge in [-0.15, -0.1) is 11.8 Å². The lowest BCUT2D eigenvalue weighted by Crippen LogP contribution is -2.39. The van der Waals surface area contributed by atoms with Crippen LogP contribution in [-0.2, 0) is 5.75 Å². The molecule has 43 heavy (non-hydrogen) atoms. The Kier molecular flexibility index (Phi) is 8.05. The van der Waals surface area contributed by atoms with Crippen LogP contribution in [-0.4, -0.2) is 22.8 Å². The van der Waals surface area contributed by atoms with Gasteiger partial charge in [-0.05, 0) is 60.9 Å². The van der Waals surface area contributed by atoms with Gasteiger partial charge in [-0.3, -0.25) is 29.5 Å². The van der Waals surface area contributed by atoms with E-state index in [9.17, 15) is 19.2 Å². The summed E-state index contributed by atoms with van der Waals surface area (Å²) < 4.78 is 5.37. The Balaban J connectivity index is 1.38. The number of benzene rings is 3. The van der Waals surface area contributed by atoms with E-state index in [2.05, 4.69) is 10.5 Å². The average molecular weight is 610 g/mol. The Hall–Kier alpha value is -4.41. The Morgan fingerprint density at radius 3 is 2.30 bits per heavy atom. The maximum Gasteiger partial charge on any atom is 0.264 e. The first-order valence-corrected chi connectivity index (χ1v) is 15.7. The van der Waals surface area contributed by atoms with Crippen LogP contribution in [0.1, 0.15) is 53.0 Å². The van der Waals surface area contributed by atoms with E-state index in [1.165, 1.54) is 28.4 Å². The summed E-state index contributed by atoms with van der Waals surface area (Å²) in [4.78, 5) is 56.7. The smallest absolute Gasteiger partial charge is 0.264 e. The first-order valence-electron chi connectivity index (χ1n) is 13.9. The van der Waals surface area contributed by atoms with E-state index in [1.54, 1.807) is 42.7 Å². The summed E-state index contributed by atoms with van der Waals surface area (Å²) in [5, 5.41) is 5.10. The van der Waals surface area contributed by atoms with Crippen LogP contribution in [0.3, 0.4) is 0 Å². The quantitative estimate of drug-likeness (QED) is 0.114. The molecule has 0 spiro atoms. The van der Waals surface area contributed by atoms with E-state index in [0.717, 1.165) is 10.5 Å². The van der Waals surface area contributed by atoms with Crippen LogP contribution in [0, 0.1) is 0 Å². The molecule has 2 amide bonds. The molecule has 8 nitrogen and oxygen atoms in total. The number of anilines is 1. The largest absolute Gasteiger partial charge is 0.458 e. The van der Waals surface area contributed by atoms with E-state index in [-0.39, 0.29) is 39.3 Å². The van der Waals surface area contributed by atoms with Gasteiger partial charge in [0.05, 0.1) is 23.1 Å². The molecule has 1 aliphatic rings. The molecule has 0 aliphatic carbocycles. The standard InChI is InChI=1S/C33H27N3O5S2/c1-3-20(4-2)36-32(39)27-24(14-15-25(28(27)33(36)40)42-18-19-9-6-5-7-10-19)34-35-29-30(37)22-13-12-21(17-23(22)31(29)38)43-26-11-8-16-41-26/h5-17,20,34H,3-4,18H2,1-2H3. The number of amides is 2. The molecule has 2 heterocycles. The summed E-state index contributed by atoms with van der Waals surface area (Å²) in [5.41, 5.74) is 3.65. The van der Waals surface area contributed by atoms with Crippen molar-refractivity contribution in [2.75, 3.05) is 5.43 Å². The molecule has 0 bridgehead atoms. The zero-order valence-electron chi connectivity index (χ0n) is 23.5. The maximum absolute atomic E-state index is 13.7. The van der Waals surface area contributed by atoms with Crippen molar-refractivity contribution in [2.45, 2.75) is 53.4 Å². The highest BCUT2D eigenvalue weighted by atomic mass is 32.2. The van der Waals surface area contributed by atoms with Crippen LogP contribution in [0.5, 0.6) is 0 Å². The van der Waals surface area contributed by atoms with Crippen molar-refractivity contribution in [3.8, 4) is 0 Å². The van der Waals surface area contributed by atoms with Crippen LogP contribution in [0.25, 0.3) is 10.8 Å². The van der Waals surface area contributed by atoms with Crippen LogP contribution in [0.4, 0.5) is 5.69 Å². The molecule has 1 N–H and O–H groups in total. The lowest BCUT2D eigenvalue weighted by molar-refractivity contribution is 0.0575. The molecule has 0 fully saturated rings. The molecule has 0 radical (unpaired) electrons. The third-order valence-electron chi connectivity index (χ3n) is 7.49.